The molecule has 6 nitrogen and oxygen atoms in total. The van der Waals surface area contributed by atoms with E-state index in [9.17, 15) is 0 Å². The summed E-state index contributed by atoms with van der Waals surface area (Å²) in [6.07, 6.45) is 3.15. The van der Waals surface area contributed by atoms with Gasteiger partial charge in [0.15, 0.2) is 5.82 Å². The Morgan fingerprint density at radius 1 is 1.04 bits per heavy atom. The number of halogens is 1. The molecule has 0 radical (unpaired) electrons. The van der Waals surface area contributed by atoms with Crippen LogP contribution in [0.3, 0.4) is 0 Å². The van der Waals surface area contributed by atoms with Crippen LogP contribution in [0.15, 0.2) is 40.8 Å². The fourth-order valence-electron chi connectivity index (χ4n) is 4.02. The molecule has 4 heterocycles. The normalized spacial score (nSPS) is 20.2. The summed E-state index contributed by atoms with van der Waals surface area (Å²) in [5.74, 6) is 3.91. The van der Waals surface area contributed by atoms with Crippen LogP contribution in [0.25, 0.3) is 11.3 Å². The van der Waals surface area contributed by atoms with Gasteiger partial charge in [-0.05, 0) is 49.2 Å². The summed E-state index contributed by atoms with van der Waals surface area (Å²) >= 11 is 5.97. The van der Waals surface area contributed by atoms with Crippen LogP contribution in [-0.2, 0) is 24.2 Å². The van der Waals surface area contributed by atoms with E-state index < -0.39 is 0 Å². The molecular formula is C21H23ClN4O2. The van der Waals surface area contributed by atoms with E-state index in [1.807, 2.05) is 30.3 Å². The number of rotatable bonds is 4. The molecule has 2 aliphatic heterocycles. The van der Waals surface area contributed by atoms with Crippen LogP contribution in [0.5, 0.6) is 0 Å². The Labute approximate surface area is 169 Å². The van der Waals surface area contributed by atoms with Crippen molar-refractivity contribution < 1.29 is 9.15 Å². The fourth-order valence-corrected chi connectivity index (χ4v) is 4.15. The van der Waals surface area contributed by atoms with Crippen molar-refractivity contribution in [3.8, 4) is 11.3 Å². The second-order valence-electron chi connectivity index (χ2n) is 7.43. The molecule has 0 saturated carbocycles. The van der Waals surface area contributed by atoms with Crippen LogP contribution in [0.4, 0.5) is 0 Å². The molecular weight excluding hydrogens is 376 g/mol. The van der Waals surface area contributed by atoms with Crippen LogP contribution in [-0.4, -0.2) is 39.4 Å². The van der Waals surface area contributed by atoms with Crippen molar-refractivity contribution in [1.29, 1.82) is 0 Å². The van der Waals surface area contributed by atoms with Gasteiger partial charge in [-0.3, -0.25) is 4.90 Å². The number of hydrogen-bond donors (Lipinski definition) is 0. The molecule has 1 atom stereocenters. The predicted molar refractivity (Wildman–Crippen MR) is 106 cm³/mol. The van der Waals surface area contributed by atoms with Crippen molar-refractivity contribution in [3.05, 3.63) is 58.8 Å². The van der Waals surface area contributed by atoms with Crippen LogP contribution in [0, 0.1) is 0 Å². The highest BCUT2D eigenvalue weighted by Crippen LogP contribution is 2.29. The first-order chi connectivity index (χ1) is 13.8. The molecule has 0 spiro atoms. The third-order valence-corrected chi connectivity index (χ3v) is 5.79. The smallest absolute Gasteiger partial charge is 0.162 e. The van der Waals surface area contributed by atoms with Crippen molar-refractivity contribution in [1.82, 2.24) is 19.7 Å². The van der Waals surface area contributed by atoms with Crippen LogP contribution >= 0.6 is 11.6 Å². The van der Waals surface area contributed by atoms with Gasteiger partial charge in [0.25, 0.3) is 0 Å². The third-order valence-electron chi connectivity index (χ3n) is 5.53. The van der Waals surface area contributed by atoms with Crippen LogP contribution in [0.1, 0.15) is 36.4 Å². The lowest BCUT2D eigenvalue weighted by Gasteiger charge is -2.18. The van der Waals surface area contributed by atoms with Gasteiger partial charge in [0.1, 0.15) is 23.4 Å². The second-order valence-corrected chi connectivity index (χ2v) is 7.86. The number of hydrogen-bond acceptors (Lipinski definition) is 5. The summed E-state index contributed by atoms with van der Waals surface area (Å²) in [6.45, 7) is 4.40. The quantitative estimate of drug-likeness (QED) is 0.662. The highest BCUT2D eigenvalue weighted by Gasteiger charge is 2.27. The lowest BCUT2D eigenvalue weighted by Crippen LogP contribution is -2.26. The molecule has 28 heavy (non-hydrogen) atoms. The lowest BCUT2D eigenvalue weighted by molar-refractivity contribution is 0.101. The van der Waals surface area contributed by atoms with E-state index in [0.29, 0.717) is 0 Å². The largest absolute Gasteiger partial charge is 0.460 e. The molecule has 0 amide bonds. The van der Waals surface area contributed by atoms with Gasteiger partial charge in [-0.25, -0.2) is 0 Å². The number of fused-ring (bicyclic) bond motifs is 1. The molecule has 1 fully saturated rings. The first kappa shape index (κ1) is 17.9. The summed E-state index contributed by atoms with van der Waals surface area (Å²) in [4.78, 5) is 2.42. The average Bonchev–Trinajstić information content (AvgIpc) is 3.43. The zero-order valence-corrected chi connectivity index (χ0v) is 16.4. The first-order valence-electron chi connectivity index (χ1n) is 9.87. The van der Waals surface area contributed by atoms with Gasteiger partial charge in [0, 0.05) is 43.2 Å². The second kappa shape index (κ2) is 7.70. The highest BCUT2D eigenvalue weighted by molar-refractivity contribution is 6.30. The van der Waals surface area contributed by atoms with E-state index in [1.165, 1.54) is 0 Å². The Morgan fingerprint density at radius 2 is 1.93 bits per heavy atom. The molecule has 5 rings (SSSR count). The third kappa shape index (κ3) is 3.60. The molecule has 3 aromatic rings. The van der Waals surface area contributed by atoms with Gasteiger partial charge < -0.3 is 13.7 Å². The number of nitrogens with zero attached hydrogens (tertiary/aromatic N) is 4. The Hall–Kier alpha value is -2.15. The van der Waals surface area contributed by atoms with Crippen LogP contribution < -0.4 is 0 Å². The van der Waals surface area contributed by atoms with Crippen LogP contribution in [0.2, 0.25) is 5.02 Å². The van der Waals surface area contributed by atoms with Crippen molar-refractivity contribution in [2.45, 2.75) is 38.5 Å². The Kier molecular flexibility index (Phi) is 4.93. The van der Waals surface area contributed by atoms with Gasteiger partial charge in [0.05, 0.1) is 6.54 Å². The predicted octanol–water partition coefficient (Wildman–Crippen LogP) is 4.10. The molecule has 2 aromatic heterocycles. The number of aromatic nitrogens is 3. The molecule has 0 aliphatic carbocycles. The summed E-state index contributed by atoms with van der Waals surface area (Å²) < 4.78 is 14.2. The maximum Gasteiger partial charge on any atom is 0.162 e. The molecule has 7 heteroatoms. The molecule has 0 bridgehead atoms. The van der Waals surface area contributed by atoms with E-state index in [4.69, 9.17) is 20.8 Å². The molecule has 146 valence electrons. The maximum atomic E-state index is 6.08. The van der Waals surface area contributed by atoms with E-state index in [0.717, 1.165) is 85.8 Å². The molecule has 2 aliphatic rings. The summed E-state index contributed by atoms with van der Waals surface area (Å²) in [5, 5.41) is 9.57. The molecule has 1 unspecified atom stereocenters. The average molecular weight is 399 g/mol. The Morgan fingerprint density at radius 3 is 2.75 bits per heavy atom. The van der Waals surface area contributed by atoms with E-state index in [1.54, 1.807) is 0 Å². The minimum atomic E-state index is 0.111. The lowest BCUT2D eigenvalue weighted by atomic mass is 10.2. The van der Waals surface area contributed by atoms with E-state index in [2.05, 4.69) is 25.7 Å². The van der Waals surface area contributed by atoms with Gasteiger partial charge in [-0.1, -0.05) is 11.6 Å². The Bertz CT molecular complexity index is 944. The summed E-state index contributed by atoms with van der Waals surface area (Å²) in [6, 6.07) is 11.8. The SMILES string of the molecule is Clc1ccc(-c2ccc(CN3CCc4nnc(C5CCCO5)n4CC3)o2)cc1. The van der Waals surface area contributed by atoms with Crippen molar-refractivity contribution in [2.75, 3.05) is 19.7 Å². The van der Waals surface area contributed by atoms with Gasteiger partial charge in [0.2, 0.25) is 0 Å². The van der Waals surface area contributed by atoms with Gasteiger partial charge in [-0.15, -0.1) is 10.2 Å². The zero-order chi connectivity index (χ0) is 18.9. The number of furan rings is 1. The molecule has 1 aromatic carbocycles. The summed E-state index contributed by atoms with van der Waals surface area (Å²) in [5.41, 5.74) is 1.04. The Balaban J connectivity index is 1.25. The van der Waals surface area contributed by atoms with Crippen molar-refractivity contribution >= 4 is 11.6 Å². The standard InChI is InChI=1S/C21H23ClN4O2/c22-16-5-3-15(4-6-16)18-8-7-17(28-18)14-25-10-9-20-23-24-21(26(20)12-11-25)19-2-1-13-27-19/h3-8,19H,1-2,9-14H2. The monoisotopic (exact) mass is 398 g/mol. The van der Waals surface area contributed by atoms with Crippen molar-refractivity contribution in [2.24, 2.45) is 0 Å². The number of benzene rings is 1. The van der Waals surface area contributed by atoms with E-state index in [-0.39, 0.29) is 6.10 Å². The molecule has 0 N–H and O–H groups in total. The minimum absolute atomic E-state index is 0.111. The van der Waals surface area contributed by atoms with Gasteiger partial charge in [-0.2, -0.15) is 0 Å². The highest BCUT2D eigenvalue weighted by atomic mass is 35.5. The molecule has 1 saturated heterocycles. The first-order valence-corrected chi connectivity index (χ1v) is 10.2. The van der Waals surface area contributed by atoms with Crippen molar-refractivity contribution in [3.63, 3.8) is 0 Å². The summed E-state index contributed by atoms with van der Waals surface area (Å²) in [7, 11) is 0. The van der Waals surface area contributed by atoms with Gasteiger partial charge >= 0.3 is 0 Å². The fraction of sp³-hybridized carbons (Fsp3) is 0.429. The topological polar surface area (TPSA) is 56.3 Å². The minimum Gasteiger partial charge on any atom is -0.460 e. The number of ether oxygens (including phenoxy) is 1. The maximum absolute atomic E-state index is 6.08. The zero-order valence-electron chi connectivity index (χ0n) is 15.7. The van der Waals surface area contributed by atoms with E-state index >= 15 is 0 Å².